The van der Waals surface area contributed by atoms with Crippen LogP contribution in [0.5, 0.6) is 5.75 Å². The summed E-state index contributed by atoms with van der Waals surface area (Å²) in [4.78, 5) is 5.79. The zero-order valence-electron chi connectivity index (χ0n) is 11.3. The molecule has 1 aromatic heterocycles. The van der Waals surface area contributed by atoms with Crippen LogP contribution >= 0.6 is 11.3 Å². The van der Waals surface area contributed by atoms with Crippen molar-refractivity contribution in [3.8, 4) is 5.75 Å². The van der Waals surface area contributed by atoms with E-state index in [1.807, 2.05) is 12.1 Å². The number of thiazole rings is 1. The molecule has 0 spiro atoms. The Labute approximate surface area is 117 Å². The molecule has 1 aliphatic heterocycles. The summed E-state index contributed by atoms with van der Waals surface area (Å²) >= 11 is 1.78. The van der Waals surface area contributed by atoms with E-state index in [1.165, 1.54) is 10.4 Å². The van der Waals surface area contributed by atoms with Crippen LogP contribution in [0, 0.1) is 13.8 Å². The molecule has 1 aliphatic rings. The minimum absolute atomic E-state index is 0.463. The maximum absolute atomic E-state index is 5.69. The van der Waals surface area contributed by atoms with Gasteiger partial charge in [0.25, 0.3) is 0 Å². The van der Waals surface area contributed by atoms with Gasteiger partial charge in [-0.2, -0.15) is 0 Å². The molecule has 19 heavy (non-hydrogen) atoms. The fraction of sp³-hybridized carbons (Fsp3) is 0.400. The maximum Gasteiger partial charge on any atom is 0.122 e. The Morgan fingerprint density at radius 1 is 1.37 bits per heavy atom. The molecular formula is C15H18N2OS. The van der Waals surface area contributed by atoms with Gasteiger partial charge in [0.15, 0.2) is 0 Å². The lowest BCUT2D eigenvalue weighted by atomic mass is 10.0. The number of ether oxygens (including phenoxy) is 1. The van der Waals surface area contributed by atoms with Crippen LogP contribution in [0.15, 0.2) is 24.3 Å². The van der Waals surface area contributed by atoms with Crippen LogP contribution in [0.4, 0.5) is 0 Å². The quantitative estimate of drug-likeness (QED) is 0.930. The molecule has 1 aromatic carbocycles. The zero-order valence-corrected chi connectivity index (χ0v) is 12.1. The number of rotatable bonds is 4. The van der Waals surface area contributed by atoms with E-state index in [1.54, 1.807) is 11.3 Å². The van der Waals surface area contributed by atoms with Gasteiger partial charge in [-0.25, -0.2) is 4.98 Å². The van der Waals surface area contributed by atoms with Crippen molar-refractivity contribution in [2.24, 2.45) is 0 Å². The van der Waals surface area contributed by atoms with Crippen molar-refractivity contribution in [3.05, 3.63) is 45.4 Å². The molecule has 0 fully saturated rings. The summed E-state index contributed by atoms with van der Waals surface area (Å²) < 4.78 is 5.69. The van der Waals surface area contributed by atoms with Crippen molar-refractivity contribution in [3.63, 3.8) is 0 Å². The van der Waals surface area contributed by atoms with Gasteiger partial charge in [-0.1, -0.05) is 18.2 Å². The molecule has 100 valence electrons. The van der Waals surface area contributed by atoms with Crippen LogP contribution in [-0.4, -0.2) is 18.1 Å². The number of para-hydroxylation sites is 1. The third kappa shape index (κ3) is 2.65. The molecule has 0 bridgehead atoms. The highest BCUT2D eigenvalue weighted by Crippen LogP contribution is 2.32. The number of hydrogen-bond donors (Lipinski definition) is 1. The highest BCUT2D eigenvalue weighted by Gasteiger charge is 2.23. The lowest BCUT2D eigenvalue weighted by Gasteiger charge is -2.09. The predicted octanol–water partition coefficient (Wildman–Crippen LogP) is 3.03. The molecule has 1 N–H and O–H groups in total. The second-order valence-electron chi connectivity index (χ2n) is 4.92. The van der Waals surface area contributed by atoms with Crippen molar-refractivity contribution in [1.29, 1.82) is 0 Å². The van der Waals surface area contributed by atoms with Crippen molar-refractivity contribution in [1.82, 2.24) is 10.3 Å². The SMILES string of the molecule is Cc1nc(C)c(CNC[C@H]2COc3ccccc32)s1. The summed E-state index contributed by atoms with van der Waals surface area (Å²) in [6.45, 7) is 6.77. The molecule has 0 amide bonds. The standard InChI is InChI=1S/C15H18N2OS/c1-10-15(19-11(2)17-10)8-16-7-12-9-18-14-6-4-3-5-13(12)14/h3-6,12,16H,7-9H2,1-2H3/t12-/m0/s1. The van der Waals surface area contributed by atoms with Gasteiger partial charge >= 0.3 is 0 Å². The van der Waals surface area contributed by atoms with Gasteiger partial charge in [0.2, 0.25) is 0 Å². The lowest BCUT2D eigenvalue weighted by Crippen LogP contribution is -2.22. The number of nitrogens with zero attached hydrogens (tertiary/aromatic N) is 1. The topological polar surface area (TPSA) is 34.2 Å². The van der Waals surface area contributed by atoms with Gasteiger partial charge in [-0.15, -0.1) is 11.3 Å². The Hall–Kier alpha value is -1.39. The first-order chi connectivity index (χ1) is 9.24. The highest BCUT2D eigenvalue weighted by atomic mass is 32.1. The predicted molar refractivity (Wildman–Crippen MR) is 78.0 cm³/mol. The summed E-state index contributed by atoms with van der Waals surface area (Å²) in [7, 11) is 0. The zero-order chi connectivity index (χ0) is 13.2. The Bertz CT molecular complexity index is 579. The summed E-state index contributed by atoms with van der Waals surface area (Å²) in [6, 6.07) is 8.32. The summed E-state index contributed by atoms with van der Waals surface area (Å²) in [5, 5.41) is 4.67. The Morgan fingerprint density at radius 2 is 2.21 bits per heavy atom. The average molecular weight is 274 g/mol. The molecule has 3 nitrogen and oxygen atoms in total. The van der Waals surface area contributed by atoms with Crippen LogP contribution in [0.1, 0.15) is 27.1 Å². The summed E-state index contributed by atoms with van der Waals surface area (Å²) in [5.41, 5.74) is 2.48. The minimum atomic E-state index is 0.463. The van der Waals surface area contributed by atoms with Gasteiger partial charge in [0.05, 0.1) is 17.3 Å². The van der Waals surface area contributed by atoms with Crippen LogP contribution in [0.25, 0.3) is 0 Å². The normalized spacial score (nSPS) is 17.3. The summed E-state index contributed by atoms with van der Waals surface area (Å²) in [6.07, 6.45) is 0. The van der Waals surface area contributed by atoms with Crippen molar-refractivity contribution < 1.29 is 4.74 Å². The first-order valence-corrected chi connectivity index (χ1v) is 7.41. The second-order valence-corrected chi connectivity index (χ2v) is 6.21. The van der Waals surface area contributed by atoms with Crippen LogP contribution in [0.3, 0.4) is 0 Å². The number of aryl methyl sites for hydroxylation is 2. The van der Waals surface area contributed by atoms with Crippen LogP contribution < -0.4 is 10.1 Å². The maximum atomic E-state index is 5.69. The molecule has 1 atom stereocenters. The van der Waals surface area contributed by atoms with E-state index >= 15 is 0 Å². The molecule has 4 heteroatoms. The monoisotopic (exact) mass is 274 g/mol. The Morgan fingerprint density at radius 3 is 3.00 bits per heavy atom. The number of aromatic nitrogens is 1. The number of nitrogens with one attached hydrogen (secondary N) is 1. The first-order valence-electron chi connectivity index (χ1n) is 6.59. The van der Waals surface area contributed by atoms with Crippen LogP contribution in [0.2, 0.25) is 0 Å². The average Bonchev–Trinajstić information content (AvgIpc) is 2.94. The molecule has 0 saturated heterocycles. The largest absolute Gasteiger partial charge is 0.493 e. The fourth-order valence-electron chi connectivity index (χ4n) is 2.50. The van der Waals surface area contributed by atoms with E-state index in [9.17, 15) is 0 Å². The molecule has 0 aliphatic carbocycles. The van der Waals surface area contributed by atoms with E-state index in [4.69, 9.17) is 4.74 Å². The third-order valence-electron chi connectivity index (χ3n) is 3.47. The molecule has 2 aromatic rings. The molecule has 0 saturated carbocycles. The number of fused-ring (bicyclic) bond motifs is 1. The second kappa shape index (κ2) is 5.31. The van der Waals surface area contributed by atoms with E-state index in [2.05, 4.69) is 36.3 Å². The molecule has 3 rings (SSSR count). The van der Waals surface area contributed by atoms with Crippen molar-refractivity contribution >= 4 is 11.3 Å². The van der Waals surface area contributed by atoms with Gasteiger partial charge in [-0.3, -0.25) is 0 Å². The van der Waals surface area contributed by atoms with Crippen LogP contribution in [-0.2, 0) is 6.54 Å². The Kier molecular flexibility index (Phi) is 3.53. The smallest absolute Gasteiger partial charge is 0.122 e. The molecule has 0 unspecified atom stereocenters. The highest BCUT2D eigenvalue weighted by molar-refractivity contribution is 7.11. The van der Waals surface area contributed by atoms with Gasteiger partial charge in [-0.05, 0) is 19.9 Å². The van der Waals surface area contributed by atoms with E-state index < -0.39 is 0 Å². The summed E-state index contributed by atoms with van der Waals surface area (Å²) in [5.74, 6) is 1.50. The van der Waals surface area contributed by atoms with E-state index in [-0.39, 0.29) is 0 Å². The lowest BCUT2D eigenvalue weighted by molar-refractivity contribution is 0.326. The third-order valence-corrected chi connectivity index (χ3v) is 4.55. The van der Waals surface area contributed by atoms with Gasteiger partial charge in [0.1, 0.15) is 5.75 Å². The van der Waals surface area contributed by atoms with Crippen molar-refractivity contribution in [2.75, 3.05) is 13.2 Å². The minimum Gasteiger partial charge on any atom is -0.493 e. The molecular weight excluding hydrogens is 256 g/mol. The molecule has 2 heterocycles. The number of benzene rings is 1. The van der Waals surface area contributed by atoms with E-state index in [0.717, 1.165) is 36.1 Å². The first kappa shape index (κ1) is 12.6. The van der Waals surface area contributed by atoms with Crippen molar-refractivity contribution in [2.45, 2.75) is 26.3 Å². The van der Waals surface area contributed by atoms with Gasteiger partial charge < -0.3 is 10.1 Å². The van der Waals surface area contributed by atoms with E-state index in [0.29, 0.717) is 5.92 Å². The Balaban J connectivity index is 1.58. The fourth-order valence-corrected chi connectivity index (χ4v) is 3.40. The van der Waals surface area contributed by atoms with Gasteiger partial charge in [0, 0.05) is 29.4 Å². The number of hydrogen-bond acceptors (Lipinski definition) is 4. The molecule has 0 radical (unpaired) electrons.